The van der Waals surface area contributed by atoms with Crippen LogP contribution < -0.4 is 0 Å². The van der Waals surface area contributed by atoms with E-state index >= 15 is 0 Å². The Morgan fingerprint density at radius 2 is 2.10 bits per heavy atom. The largest absolute Gasteiger partial charge is 0.0842 e. The van der Waals surface area contributed by atoms with Gasteiger partial charge in [-0.1, -0.05) is 45.8 Å². The zero-order chi connectivity index (χ0) is 7.56. The lowest BCUT2D eigenvalue weighted by molar-refractivity contribution is 1.12. The second-order valence-corrected chi connectivity index (χ2v) is 3.90. The van der Waals surface area contributed by atoms with Crippen molar-refractivity contribution in [2.24, 2.45) is 0 Å². The molecule has 0 fully saturated rings. The van der Waals surface area contributed by atoms with Gasteiger partial charge in [0.1, 0.15) is 0 Å². The average molecular weight is 199 g/mol. The lowest BCUT2D eigenvalue weighted by atomic mass is 10.1. The highest BCUT2D eigenvalue weighted by Crippen LogP contribution is 2.21. The zero-order valence-electron chi connectivity index (χ0n) is 6.26. The van der Waals surface area contributed by atoms with Crippen LogP contribution in [0.5, 0.6) is 0 Å². The number of halogens is 1. The van der Waals surface area contributed by atoms with Crippen molar-refractivity contribution in [2.45, 2.75) is 18.7 Å². The summed E-state index contributed by atoms with van der Waals surface area (Å²) in [6.07, 6.45) is 0. The first-order valence-electron chi connectivity index (χ1n) is 3.41. The Morgan fingerprint density at radius 3 is 2.50 bits per heavy atom. The summed E-state index contributed by atoms with van der Waals surface area (Å²) in [5.74, 6) is 0. The van der Waals surface area contributed by atoms with Gasteiger partial charge in [0.15, 0.2) is 0 Å². The van der Waals surface area contributed by atoms with Crippen LogP contribution in [0.15, 0.2) is 24.3 Å². The molecule has 1 aromatic rings. The minimum atomic E-state index is 0.465. The van der Waals surface area contributed by atoms with Crippen molar-refractivity contribution in [1.82, 2.24) is 0 Å². The monoisotopic (exact) mass is 198 g/mol. The third kappa shape index (κ3) is 1.84. The van der Waals surface area contributed by atoms with Gasteiger partial charge in [0, 0.05) is 4.83 Å². The summed E-state index contributed by atoms with van der Waals surface area (Å²) < 4.78 is 0. The van der Waals surface area contributed by atoms with E-state index in [9.17, 15) is 0 Å². The summed E-state index contributed by atoms with van der Waals surface area (Å²) in [5, 5.41) is 0. The van der Waals surface area contributed by atoms with E-state index in [1.165, 1.54) is 11.1 Å². The standard InChI is InChI=1S/C9H11Br/c1-7-4-3-5-9(6-7)8(2)10/h3-6,8H,1-2H3/t8-/m0/s1. The second-order valence-electron chi connectivity index (χ2n) is 2.53. The van der Waals surface area contributed by atoms with Crippen LogP contribution in [0.2, 0.25) is 0 Å². The lowest BCUT2D eigenvalue weighted by Gasteiger charge is -2.02. The van der Waals surface area contributed by atoms with Crippen molar-refractivity contribution < 1.29 is 0 Å². The van der Waals surface area contributed by atoms with Gasteiger partial charge in [-0.2, -0.15) is 0 Å². The number of benzene rings is 1. The first-order chi connectivity index (χ1) is 4.70. The Balaban J connectivity index is 2.96. The van der Waals surface area contributed by atoms with Gasteiger partial charge in [0.05, 0.1) is 0 Å². The lowest BCUT2D eigenvalue weighted by Crippen LogP contribution is -1.82. The van der Waals surface area contributed by atoms with Crippen molar-refractivity contribution in [2.75, 3.05) is 0 Å². The van der Waals surface area contributed by atoms with Gasteiger partial charge < -0.3 is 0 Å². The Bertz CT molecular complexity index is 216. The van der Waals surface area contributed by atoms with Gasteiger partial charge in [-0.3, -0.25) is 0 Å². The van der Waals surface area contributed by atoms with E-state index in [0.29, 0.717) is 4.83 Å². The number of aryl methyl sites for hydroxylation is 1. The first-order valence-corrected chi connectivity index (χ1v) is 4.32. The van der Waals surface area contributed by atoms with E-state index in [1.54, 1.807) is 0 Å². The minimum Gasteiger partial charge on any atom is -0.0842 e. The predicted molar refractivity (Wildman–Crippen MR) is 48.5 cm³/mol. The summed E-state index contributed by atoms with van der Waals surface area (Å²) in [6, 6.07) is 8.52. The Hall–Kier alpha value is -0.300. The normalized spacial score (nSPS) is 13.1. The summed E-state index contributed by atoms with van der Waals surface area (Å²) in [5.41, 5.74) is 2.67. The molecule has 0 bridgehead atoms. The molecule has 0 saturated heterocycles. The fraction of sp³-hybridized carbons (Fsp3) is 0.333. The quantitative estimate of drug-likeness (QED) is 0.607. The van der Waals surface area contributed by atoms with Crippen molar-refractivity contribution in [3.05, 3.63) is 35.4 Å². The first kappa shape index (κ1) is 7.80. The molecule has 0 saturated carbocycles. The predicted octanol–water partition coefficient (Wildman–Crippen LogP) is 3.45. The molecule has 0 aliphatic heterocycles. The molecule has 0 amide bonds. The fourth-order valence-corrected chi connectivity index (χ4v) is 1.20. The van der Waals surface area contributed by atoms with Crippen LogP contribution in [-0.4, -0.2) is 0 Å². The molecule has 1 rings (SSSR count). The molecule has 0 aliphatic carbocycles. The molecule has 0 spiro atoms. The highest BCUT2D eigenvalue weighted by molar-refractivity contribution is 9.09. The Kier molecular flexibility index (Phi) is 2.50. The maximum atomic E-state index is 3.52. The molecule has 54 valence electrons. The molecule has 0 unspecified atom stereocenters. The molecule has 1 heteroatoms. The van der Waals surface area contributed by atoms with E-state index in [4.69, 9.17) is 0 Å². The maximum Gasteiger partial charge on any atom is 0.0367 e. The number of rotatable bonds is 1. The van der Waals surface area contributed by atoms with Crippen LogP contribution in [0.3, 0.4) is 0 Å². The molecule has 0 nitrogen and oxygen atoms in total. The molecule has 0 aliphatic rings. The summed E-state index contributed by atoms with van der Waals surface area (Å²) >= 11 is 3.52. The Labute approximate surface area is 70.4 Å². The van der Waals surface area contributed by atoms with E-state index in [2.05, 4.69) is 54.0 Å². The molecule has 1 atom stereocenters. The molecule has 0 heterocycles. The SMILES string of the molecule is Cc1cccc([C@H](C)Br)c1. The van der Waals surface area contributed by atoms with Gasteiger partial charge in [-0.05, 0) is 19.4 Å². The number of hydrogen-bond donors (Lipinski definition) is 0. The zero-order valence-corrected chi connectivity index (χ0v) is 7.85. The summed E-state index contributed by atoms with van der Waals surface area (Å²) in [6.45, 7) is 4.24. The number of alkyl halides is 1. The third-order valence-corrected chi connectivity index (χ3v) is 2.03. The van der Waals surface area contributed by atoms with E-state index < -0.39 is 0 Å². The van der Waals surface area contributed by atoms with Crippen LogP contribution in [0.1, 0.15) is 22.9 Å². The molecule has 0 aromatic heterocycles. The van der Waals surface area contributed by atoms with Gasteiger partial charge in [0.25, 0.3) is 0 Å². The van der Waals surface area contributed by atoms with E-state index in [1.807, 2.05) is 0 Å². The van der Waals surface area contributed by atoms with Gasteiger partial charge >= 0.3 is 0 Å². The molecule has 0 radical (unpaired) electrons. The molecule has 10 heavy (non-hydrogen) atoms. The summed E-state index contributed by atoms with van der Waals surface area (Å²) in [7, 11) is 0. The second kappa shape index (κ2) is 3.20. The van der Waals surface area contributed by atoms with Crippen molar-refractivity contribution in [1.29, 1.82) is 0 Å². The molecule has 1 aromatic carbocycles. The van der Waals surface area contributed by atoms with Crippen LogP contribution in [0, 0.1) is 6.92 Å². The highest BCUT2D eigenvalue weighted by atomic mass is 79.9. The van der Waals surface area contributed by atoms with Gasteiger partial charge in [-0.15, -0.1) is 0 Å². The topological polar surface area (TPSA) is 0 Å². The van der Waals surface area contributed by atoms with Crippen molar-refractivity contribution >= 4 is 15.9 Å². The van der Waals surface area contributed by atoms with Gasteiger partial charge in [0.2, 0.25) is 0 Å². The van der Waals surface area contributed by atoms with Crippen LogP contribution >= 0.6 is 15.9 Å². The maximum absolute atomic E-state index is 3.52. The fourth-order valence-electron chi connectivity index (χ4n) is 0.918. The van der Waals surface area contributed by atoms with E-state index in [0.717, 1.165) is 0 Å². The van der Waals surface area contributed by atoms with Crippen molar-refractivity contribution in [3.63, 3.8) is 0 Å². The van der Waals surface area contributed by atoms with Crippen LogP contribution in [-0.2, 0) is 0 Å². The summed E-state index contributed by atoms with van der Waals surface area (Å²) in [4.78, 5) is 0.465. The molecular weight excluding hydrogens is 188 g/mol. The van der Waals surface area contributed by atoms with Gasteiger partial charge in [-0.25, -0.2) is 0 Å². The third-order valence-electron chi connectivity index (χ3n) is 1.50. The minimum absolute atomic E-state index is 0.465. The average Bonchev–Trinajstić information content (AvgIpc) is 1.88. The van der Waals surface area contributed by atoms with Crippen LogP contribution in [0.25, 0.3) is 0 Å². The highest BCUT2D eigenvalue weighted by Gasteiger charge is 1.97. The number of hydrogen-bond acceptors (Lipinski definition) is 0. The molecular formula is C9H11Br. The molecule has 0 N–H and O–H groups in total. The van der Waals surface area contributed by atoms with Crippen LogP contribution in [0.4, 0.5) is 0 Å². The van der Waals surface area contributed by atoms with E-state index in [-0.39, 0.29) is 0 Å². The smallest absolute Gasteiger partial charge is 0.0367 e. The van der Waals surface area contributed by atoms with Crippen molar-refractivity contribution in [3.8, 4) is 0 Å². The Morgan fingerprint density at radius 1 is 1.40 bits per heavy atom.